The van der Waals surface area contributed by atoms with Crippen LogP contribution in [0.4, 0.5) is 5.69 Å². The summed E-state index contributed by atoms with van der Waals surface area (Å²) >= 11 is 0. The summed E-state index contributed by atoms with van der Waals surface area (Å²) in [5.74, 6) is -1.67. The average molecular weight is 476 g/mol. The van der Waals surface area contributed by atoms with E-state index in [1.54, 1.807) is 43.4 Å². The Bertz CT molecular complexity index is 1280. The van der Waals surface area contributed by atoms with E-state index in [1.807, 2.05) is 32.0 Å². The van der Waals surface area contributed by atoms with Gasteiger partial charge < -0.3 is 24.5 Å². The van der Waals surface area contributed by atoms with Crippen LogP contribution in [0.15, 0.2) is 48.0 Å². The monoisotopic (exact) mass is 475 g/mol. The minimum atomic E-state index is -1.71. The number of anilines is 1. The smallest absolute Gasteiger partial charge is 0.296 e. The number of likely N-dealkylation sites (N-methyl/N-ethyl adjacent to an activating group) is 1. The summed E-state index contributed by atoms with van der Waals surface area (Å²) in [4.78, 5) is 45.7. The molecule has 0 bridgehead atoms. The number of hydrogen-bond donors (Lipinski definition) is 1. The van der Waals surface area contributed by atoms with Crippen molar-refractivity contribution in [3.63, 3.8) is 0 Å². The summed E-state index contributed by atoms with van der Waals surface area (Å²) in [7, 11) is 5.47. The van der Waals surface area contributed by atoms with Gasteiger partial charge in [-0.1, -0.05) is 18.2 Å². The average Bonchev–Trinajstić information content (AvgIpc) is 3.39. The molecule has 0 saturated carbocycles. The van der Waals surface area contributed by atoms with E-state index in [0.29, 0.717) is 36.2 Å². The SMILES string of the molecule is C[C@H]1Cc2cc(C(O)=C3C(=O)C(=O)N(CCCN(C)C)[C@]34C(=O)N(C)c3ccccc34)ccc2O1. The molecule has 35 heavy (non-hydrogen) atoms. The van der Waals surface area contributed by atoms with Crippen molar-refractivity contribution in [1.82, 2.24) is 9.80 Å². The van der Waals surface area contributed by atoms with E-state index >= 15 is 0 Å². The summed E-state index contributed by atoms with van der Waals surface area (Å²) < 4.78 is 5.76. The molecule has 0 unspecified atom stereocenters. The number of amides is 2. The Balaban J connectivity index is 1.73. The van der Waals surface area contributed by atoms with E-state index < -0.39 is 23.1 Å². The number of rotatable bonds is 5. The Morgan fingerprint density at radius 3 is 2.66 bits per heavy atom. The van der Waals surface area contributed by atoms with Crippen molar-refractivity contribution in [2.75, 3.05) is 39.1 Å². The topological polar surface area (TPSA) is 90.4 Å². The fraction of sp³-hybridized carbons (Fsp3) is 0.370. The number of nitrogens with zero attached hydrogens (tertiary/aromatic N) is 3. The number of benzene rings is 2. The molecule has 0 radical (unpaired) electrons. The maximum Gasteiger partial charge on any atom is 0.296 e. The summed E-state index contributed by atoms with van der Waals surface area (Å²) in [6.45, 7) is 2.83. The van der Waals surface area contributed by atoms with Crippen LogP contribution >= 0.6 is 0 Å². The van der Waals surface area contributed by atoms with Crippen LogP contribution in [0.25, 0.3) is 5.76 Å². The molecule has 3 aliphatic heterocycles. The number of ether oxygens (including phenoxy) is 1. The highest BCUT2D eigenvalue weighted by molar-refractivity contribution is 6.50. The van der Waals surface area contributed by atoms with Crippen LogP contribution in [0.1, 0.15) is 30.0 Å². The minimum absolute atomic E-state index is 0.0141. The Morgan fingerprint density at radius 1 is 1.17 bits per heavy atom. The molecule has 1 spiro atoms. The molecule has 0 aliphatic carbocycles. The van der Waals surface area contributed by atoms with Gasteiger partial charge in [0.15, 0.2) is 5.54 Å². The number of carbonyl (C=O) groups is 3. The van der Waals surface area contributed by atoms with E-state index in [4.69, 9.17) is 4.74 Å². The lowest BCUT2D eigenvalue weighted by atomic mass is 9.81. The van der Waals surface area contributed by atoms with E-state index in [-0.39, 0.29) is 24.0 Å². The molecular weight excluding hydrogens is 446 g/mol. The van der Waals surface area contributed by atoms with Crippen LogP contribution < -0.4 is 9.64 Å². The van der Waals surface area contributed by atoms with E-state index in [1.165, 1.54) is 9.80 Å². The predicted molar refractivity (Wildman–Crippen MR) is 131 cm³/mol. The van der Waals surface area contributed by atoms with Gasteiger partial charge in [0.05, 0.1) is 5.57 Å². The van der Waals surface area contributed by atoms with Gasteiger partial charge in [0.25, 0.3) is 17.6 Å². The molecule has 2 atom stereocenters. The Kier molecular flexibility index (Phi) is 5.44. The zero-order chi connectivity index (χ0) is 25.1. The van der Waals surface area contributed by atoms with Crippen molar-refractivity contribution in [1.29, 1.82) is 0 Å². The van der Waals surface area contributed by atoms with Crippen LogP contribution in [0.3, 0.4) is 0 Å². The number of likely N-dealkylation sites (tertiary alicyclic amines) is 1. The minimum Gasteiger partial charge on any atom is -0.507 e. The Labute approximate surface area is 204 Å². The molecular formula is C27H29N3O5. The number of Topliss-reactive ketones (excluding diaryl/α,β-unsaturated/α-hetero) is 1. The van der Waals surface area contributed by atoms with Crippen LogP contribution in [-0.4, -0.2) is 72.8 Å². The molecule has 8 nitrogen and oxygen atoms in total. The van der Waals surface area contributed by atoms with Crippen molar-refractivity contribution < 1.29 is 24.2 Å². The standard InChI is InChI=1S/C27H29N3O5/c1-16-14-18-15-17(10-11-21(18)35-16)23(31)22-24(32)25(33)30(13-7-12-28(2)3)27(22)19-8-5-6-9-20(19)29(4)26(27)34/h5-6,8-11,15-16,31H,7,12-14H2,1-4H3/t16-,27-/m0/s1. The zero-order valence-electron chi connectivity index (χ0n) is 20.4. The first-order chi connectivity index (χ1) is 16.7. The second-order valence-electron chi connectivity index (χ2n) is 9.71. The lowest BCUT2D eigenvalue weighted by molar-refractivity contribution is -0.143. The largest absolute Gasteiger partial charge is 0.507 e. The van der Waals surface area contributed by atoms with Crippen LogP contribution in [0.5, 0.6) is 5.75 Å². The molecule has 0 aromatic heterocycles. The molecule has 1 saturated heterocycles. The highest BCUT2D eigenvalue weighted by Gasteiger charge is 2.66. The molecule has 1 fully saturated rings. The van der Waals surface area contributed by atoms with Crippen molar-refractivity contribution in [2.24, 2.45) is 0 Å². The Hall–Kier alpha value is -3.65. The van der Waals surface area contributed by atoms with E-state index in [0.717, 1.165) is 11.3 Å². The lowest BCUT2D eigenvalue weighted by Gasteiger charge is -2.34. The number of fused-ring (bicyclic) bond motifs is 3. The van der Waals surface area contributed by atoms with Crippen molar-refractivity contribution in [3.05, 3.63) is 64.7 Å². The summed E-state index contributed by atoms with van der Waals surface area (Å²) in [6.07, 6.45) is 1.25. The molecule has 8 heteroatoms. The predicted octanol–water partition coefficient (Wildman–Crippen LogP) is 2.51. The number of aliphatic hydroxyl groups excluding tert-OH is 1. The molecule has 3 heterocycles. The van der Waals surface area contributed by atoms with Crippen LogP contribution in [0.2, 0.25) is 0 Å². The van der Waals surface area contributed by atoms with Gasteiger partial charge in [0.1, 0.15) is 17.6 Å². The van der Waals surface area contributed by atoms with Crippen LogP contribution in [0, 0.1) is 0 Å². The van der Waals surface area contributed by atoms with Crippen molar-refractivity contribution in [3.8, 4) is 5.75 Å². The van der Waals surface area contributed by atoms with Gasteiger partial charge in [-0.05, 0) is 63.8 Å². The van der Waals surface area contributed by atoms with E-state index in [9.17, 15) is 19.5 Å². The number of para-hydroxylation sites is 1. The summed E-state index contributed by atoms with van der Waals surface area (Å²) in [5, 5.41) is 11.6. The maximum atomic E-state index is 14.0. The zero-order valence-corrected chi connectivity index (χ0v) is 20.4. The second-order valence-corrected chi connectivity index (χ2v) is 9.71. The molecule has 2 aromatic rings. The van der Waals surface area contributed by atoms with Gasteiger partial charge in [0.2, 0.25) is 0 Å². The van der Waals surface area contributed by atoms with E-state index in [2.05, 4.69) is 0 Å². The quantitative estimate of drug-likeness (QED) is 0.406. The number of aliphatic hydroxyl groups is 1. The Morgan fingerprint density at radius 2 is 1.91 bits per heavy atom. The third-order valence-corrected chi connectivity index (χ3v) is 7.10. The van der Waals surface area contributed by atoms with Crippen molar-refractivity contribution >= 4 is 29.0 Å². The van der Waals surface area contributed by atoms with Gasteiger partial charge in [-0.3, -0.25) is 14.4 Å². The fourth-order valence-electron chi connectivity index (χ4n) is 5.53. The molecule has 2 aromatic carbocycles. The third kappa shape index (κ3) is 3.27. The second kappa shape index (κ2) is 8.23. The molecule has 182 valence electrons. The first-order valence-corrected chi connectivity index (χ1v) is 11.8. The van der Waals surface area contributed by atoms with Crippen molar-refractivity contribution in [2.45, 2.75) is 31.4 Å². The number of carbonyl (C=O) groups excluding carboxylic acids is 3. The van der Waals surface area contributed by atoms with Gasteiger partial charge in [-0.2, -0.15) is 0 Å². The van der Waals surface area contributed by atoms with Gasteiger partial charge in [-0.25, -0.2) is 0 Å². The molecule has 5 rings (SSSR count). The number of ketones is 1. The molecule has 1 N–H and O–H groups in total. The number of hydrogen-bond acceptors (Lipinski definition) is 6. The summed E-state index contributed by atoms with van der Waals surface area (Å²) in [5.41, 5.74) is 0.535. The molecule has 2 amide bonds. The van der Waals surface area contributed by atoms with Gasteiger partial charge >= 0.3 is 0 Å². The maximum absolute atomic E-state index is 14.0. The van der Waals surface area contributed by atoms with Gasteiger partial charge in [0, 0.05) is 36.8 Å². The first kappa shape index (κ1) is 23.1. The van der Waals surface area contributed by atoms with Gasteiger partial charge in [-0.15, -0.1) is 0 Å². The lowest BCUT2D eigenvalue weighted by Crippen LogP contribution is -2.51. The van der Waals surface area contributed by atoms with Crippen LogP contribution in [-0.2, 0) is 26.3 Å². The normalized spacial score (nSPS) is 24.5. The fourth-order valence-corrected chi connectivity index (χ4v) is 5.53. The first-order valence-electron chi connectivity index (χ1n) is 11.8. The highest BCUT2D eigenvalue weighted by atomic mass is 16.5. The highest BCUT2D eigenvalue weighted by Crippen LogP contribution is 2.53. The summed E-state index contributed by atoms with van der Waals surface area (Å²) in [6, 6.07) is 12.3. The third-order valence-electron chi connectivity index (χ3n) is 7.10. The molecule has 3 aliphatic rings.